The Labute approximate surface area is 632 Å². The normalized spacial score (nSPS) is 14.0. The van der Waals surface area contributed by atoms with Crippen molar-refractivity contribution in [2.45, 2.75) is 453 Å². The van der Waals surface area contributed by atoms with Crippen LogP contribution in [0.1, 0.15) is 434 Å². The van der Waals surface area contributed by atoms with Gasteiger partial charge in [0.25, 0.3) is 0 Å². The fourth-order valence-corrected chi connectivity index (χ4v) is 14.5. The fraction of sp³-hybridized carbons (Fsp3) is 0.952. The maximum absolute atomic E-state index is 13.1. The lowest BCUT2D eigenvalue weighted by Crippen LogP contribution is -2.30. The zero-order chi connectivity index (χ0) is 76.0. The van der Waals surface area contributed by atoms with E-state index >= 15 is 0 Å². The van der Waals surface area contributed by atoms with Crippen molar-refractivity contribution in [3.8, 4) is 0 Å². The van der Waals surface area contributed by atoms with Crippen LogP contribution in [0.4, 0.5) is 0 Å². The van der Waals surface area contributed by atoms with E-state index in [4.69, 9.17) is 37.0 Å². The van der Waals surface area contributed by atoms with Crippen LogP contribution in [0.2, 0.25) is 0 Å². The van der Waals surface area contributed by atoms with E-state index < -0.39 is 97.5 Å². The number of hydrogen-bond donors (Lipinski definition) is 3. The van der Waals surface area contributed by atoms with E-state index in [2.05, 4.69) is 55.4 Å². The van der Waals surface area contributed by atoms with Gasteiger partial charge in [0.2, 0.25) is 0 Å². The molecule has 0 aromatic rings. The molecule has 0 amide bonds. The molecule has 19 heteroatoms. The highest BCUT2D eigenvalue weighted by Crippen LogP contribution is 2.45. The molecular weight excluding hydrogens is 1340 g/mol. The van der Waals surface area contributed by atoms with Gasteiger partial charge in [-0.2, -0.15) is 0 Å². The molecule has 0 fully saturated rings. The lowest BCUT2D eigenvalue weighted by Gasteiger charge is -2.21. The summed E-state index contributed by atoms with van der Waals surface area (Å²) in [6, 6.07) is 0. The molecule has 0 aliphatic heterocycles. The topological polar surface area (TPSA) is 237 Å². The highest BCUT2D eigenvalue weighted by Gasteiger charge is 2.30. The van der Waals surface area contributed by atoms with Gasteiger partial charge in [-0.05, 0) is 49.4 Å². The second-order valence-electron chi connectivity index (χ2n) is 32.1. The summed E-state index contributed by atoms with van der Waals surface area (Å²) in [5.74, 6) is 0.967. The number of esters is 4. The average molecular weight is 1510 g/mol. The quantitative estimate of drug-likeness (QED) is 0.0222. The van der Waals surface area contributed by atoms with Crippen LogP contribution in [0.15, 0.2) is 0 Å². The average Bonchev–Trinajstić information content (AvgIpc) is 0.977. The van der Waals surface area contributed by atoms with E-state index in [0.717, 1.165) is 114 Å². The Morgan fingerprint density at radius 2 is 0.408 bits per heavy atom. The second-order valence-corrected chi connectivity index (χ2v) is 35.0. The van der Waals surface area contributed by atoms with Crippen LogP contribution in [0.5, 0.6) is 0 Å². The van der Waals surface area contributed by atoms with Crippen molar-refractivity contribution in [3.05, 3.63) is 0 Å². The number of hydrogen-bond acceptors (Lipinski definition) is 15. The number of aliphatic hydroxyl groups excluding tert-OH is 1. The van der Waals surface area contributed by atoms with Gasteiger partial charge in [-0.25, -0.2) is 9.13 Å². The highest BCUT2D eigenvalue weighted by molar-refractivity contribution is 7.47. The molecule has 0 bridgehead atoms. The van der Waals surface area contributed by atoms with Crippen molar-refractivity contribution in [1.29, 1.82) is 0 Å². The molecule has 3 N–H and O–H groups in total. The Hall–Kier alpha value is -1.94. The van der Waals surface area contributed by atoms with Gasteiger partial charge >= 0.3 is 39.5 Å². The van der Waals surface area contributed by atoms with Crippen molar-refractivity contribution in [2.24, 2.45) is 23.7 Å². The molecule has 0 radical (unpaired) electrons. The molecule has 0 aromatic heterocycles. The Morgan fingerprint density at radius 3 is 0.602 bits per heavy atom. The Balaban J connectivity index is 5.19. The second kappa shape index (κ2) is 72.9. The number of rotatable bonds is 81. The van der Waals surface area contributed by atoms with Gasteiger partial charge in [-0.15, -0.1) is 0 Å². The molecule has 0 saturated heterocycles. The Bertz CT molecular complexity index is 2010. The molecule has 3 unspecified atom stereocenters. The molecule has 0 heterocycles. The molecule has 0 aliphatic carbocycles. The molecule has 0 rings (SSSR count). The van der Waals surface area contributed by atoms with Crippen LogP contribution in [-0.4, -0.2) is 96.7 Å². The van der Waals surface area contributed by atoms with Crippen molar-refractivity contribution in [3.63, 3.8) is 0 Å². The van der Waals surface area contributed by atoms with E-state index in [1.54, 1.807) is 0 Å². The first-order valence-electron chi connectivity index (χ1n) is 43.2. The smallest absolute Gasteiger partial charge is 0.462 e. The van der Waals surface area contributed by atoms with Crippen molar-refractivity contribution in [2.75, 3.05) is 39.6 Å². The fourth-order valence-electron chi connectivity index (χ4n) is 13.0. The minimum atomic E-state index is -4.96. The van der Waals surface area contributed by atoms with Crippen molar-refractivity contribution < 1.29 is 80.2 Å². The molecule has 0 aliphatic rings. The van der Waals surface area contributed by atoms with Crippen LogP contribution >= 0.6 is 15.6 Å². The van der Waals surface area contributed by atoms with Gasteiger partial charge in [0, 0.05) is 25.7 Å². The van der Waals surface area contributed by atoms with Crippen LogP contribution in [-0.2, 0) is 65.4 Å². The Kier molecular flexibility index (Phi) is 71.5. The third-order valence-electron chi connectivity index (χ3n) is 19.6. The van der Waals surface area contributed by atoms with Crippen LogP contribution < -0.4 is 0 Å². The summed E-state index contributed by atoms with van der Waals surface area (Å²) in [4.78, 5) is 73.1. The van der Waals surface area contributed by atoms with Gasteiger partial charge in [0.15, 0.2) is 12.2 Å². The van der Waals surface area contributed by atoms with Crippen LogP contribution in [0.25, 0.3) is 0 Å². The number of phosphoric ester groups is 2. The molecule has 0 spiro atoms. The third kappa shape index (κ3) is 78.0. The maximum Gasteiger partial charge on any atom is 0.472 e. The zero-order valence-corrected chi connectivity index (χ0v) is 69.7. The van der Waals surface area contributed by atoms with Crippen LogP contribution in [0, 0.1) is 23.7 Å². The summed E-state index contributed by atoms with van der Waals surface area (Å²) in [7, 11) is -9.92. The van der Waals surface area contributed by atoms with Gasteiger partial charge < -0.3 is 33.8 Å². The number of carbonyl (C=O) groups excluding carboxylic acids is 4. The van der Waals surface area contributed by atoms with E-state index in [1.165, 1.54) is 231 Å². The highest BCUT2D eigenvalue weighted by atomic mass is 31.2. The molecule has 103 heavy (non-hydrogen) atoms. The van der Waals surface area contributed by atoms with Crippen LogP contribution in [0.3, 0.4) is 0 Å². The molecule has 612 valence electrons. The summed E-state index contributed by atoms with van der Waals surface area (Å²) < 4.78 is 68.8. The van der Waals surface area contributed by atoms with Gasteiger partial charge in [-0.3, -0.25) is 37.3 Å². The first-order valence-corrected chi connectivity index (χ1v) is 46.2. The van der Waals surface area contributed by atoms with E-state index in [1.807, 2.05) is 0 Å². The zero-order valence-electron chi connectivity index (χ0n) is 68.0. The predicted octanol–water partition coefficient (Wildman–Crippen LogP) is 25.2. The molecular formula is C84H164O17P2. The number of carbonyl (C=O) groups is 4. The molecule has 5 atom stereocenters. The summed E-state index contributed by atoms with van der Waals surface area (Å²) in [5.41, 5.74) is 0. The minimum Gasteiger partial charge on any atom is -0.462 e. The molecule has 0 aromatic carbocycles. The monoisotopic (exact) mass is 1510 g/mol. The lowest BCUT2D eigenvalue weighted by atomic mass is 10.0. The van der Waals surface area contributed by atoms with E-state index in [9.17, 15) is 43.2 Å². The summed E-state index contributed by atoms with van der Waals surface area (Å²) in [6.07, 6.45) is 61.3. The lowest BCUT2D eigenvalue weighted by molar-refractivity contribution is -0.161. The Morgan fingerprint density at radius 1 is 0.243 bits per heavy atom. The standard InChI is InChI=1S/C84H164O17P2/c1-74(2)60-52-44-36-30-24-19-15-11-9-10-12-17-21-27-34-40-50-59-67-84(89)101-80(71-95-82(87)65-57-49-43-42-47-55-63-77(7)8)73-99-103(92,93)97-69-78(85)68-96-102(90,91)98-72-79(70-94-81(86)64-56-48-39-33-29-23-26-32-38-46-54-62-76(5)6)100-83(88)66-58-51-41-35-28-22-18-14-13-16-20-25-31-37-45-53-61-75(3)4/h74-80,85H,9-73H2,1-8H3,(H,90,91)(H,92,93)/t78?,79-,80-/m1/s1. The first kappa shape index (κ1) is 101. The van der Waals surface area contributed by atoms with Crippen molar-refractivity contribution in [1.82, 2.24) is 0 Å². The summed E-state index contributed by atoms with van der Waals surface area (Å²) in [6.45, 7) is 14.3. The number of phosphoric acid groups is 2. The maximum atomic E-state index is 13.1. The van der Waals surface area contributed by atoms with Crippen molar-refractivity contribution >= 4 is 39.5 Å². The number of unbranched alkanes of at least 4 members (excludes halogenated alkanes) is 47. The predicted molar refractivity (Wildman–Crippen MR) is 423 cm³/mol. The van der Waals surface area contributed by atoms with E-state index in [-0.39, 0.29) is 25.7 Å². The van der Waals surface area contributed by atoms with Gasteiger partial charge in [0.05, 0.1) is 26.4 Å². The SMILES string of the molecule is CC(C)CCCCCCCCCCCCCCCCCCCCC(=O)O[C@H](COC(=O)CCCCCCCCC(C)C)COP(=O)(O)OCC(O)COP(=O)(O)OC[C@@H](COC(=O)CCCCCCCCCCCCCC(C)C)OC(=O)CCCCCCCCCCCCCCCCCCC(C)C. The number of ether oxygens (including phenoxy) is 4. The van der Waals surface area contributed by atoms with E-state index in [0.29, 0.717) is 31.6 Å². The third-order valence-corrected chi connectivity index (χ3v) is 21.5. The summed E-state index contributed by atoms with van der Waals surface area (Å²) in [5, 5.41) is 10.7. The molecule has 17 nitrogen and oxygen atoms in total. The first-order chi connectivity index (χ1) is 49.6. The van der Waals surface area contributed by atoms with Gasteiger partial charge in [-0.1, -0.05) is 383 Å². The number of aliphatic hydroxyl groups is 1. The molecule has 0 saturated carbocycles. The van der Waals surface area contributed by atoms with Gasteiger partial charge in [0.1, 0.15) is 19.3 Å². The minimum absolute atomic E-state index is 0.107. The summed E-state index contributed by atoms with van der Waals surface area (Å²) >= 11 is 0. The largest absolute Gasteiger partial charge is 0.472 e.